The molecule has 0 aliphatic heterocycles. The summed E-state index contributed by atoms with van der Waals surface area (Å²) >= 11 is 0. The first-order valence-electron chi connectivity index (χ1n) is 7.54. The molecule has 0 rings (SSSR count). The van der Waals surface area contributed by atoms with Crippen molar-refractivity contribution < 1.29 is 9.53 Å². The number of hydrogen-bond donors (Lipinski definition) is 0. The molecule has 2 unspecified atom stereocenters. The van der Waals surface area contributed by atoms with E-state index in [4.69, 9.17) is 4.74 Å². The van der Waals surface area contributed by atoms with Crippen LogP contribution in [0.25, 0.3) is 0 Å². The zero-order valence-corrected chi connectivity index (χ0v) is 14.5. The molecule has 0 radical (unpaired) electrons. The smallest absolute Gasteiger partial charge is 0.312 e. The lowest BCUT2D eigenvalue weighted by Gasteiger charge is -2.43. The Kier molecular flexibility index (Phi) is 6.10. The number of carbonyl (C=O) groups excluding carboxylic acids is 1. The van der Waals surface area contributed by atoms with E-state index >= 15 is 0 Å². The number of carbonyl (C=O) groups is 1. The Morgan fingerprint density at radius 2 is 1.53 bits per heavy atom. The van der Waals surface area contributed by atoms with Crippen LogP contribution in [-0.4, -0.2) is 12.1 Å². The highest BCUT2D eigenvalue weighted by Gasteiger charge is 2.48. The molecule has 0 saturated carbocycles. The first kappa shape index (κ1) is 18.5. The van der Waals surface area contributed by atoms with Crippen LogP contribution in [0.3, 0.4) is 0 Å². The van der Waals surface area contributed by atoms with Crippen molar-refractivity contribution in [3.8, 4) is 0 Å². The predicted octanol–water partition coefficient (Wildman–Crippen LogP) is 5.21. The van der Waals surface area contributed by atoms with Gasteiger partial charge in [-0.05, 0) is 37.5 Å². The highest BCUT2D eigenvalue weighted by atomic mass is 16.5. The quantitative estimate of drug-likeness (QED) is 0.641. The molecule has 19 heavy (non-hydrogen) atoms. The third-order valence-corrected chi connectivity index (χ3v) is 3.99. The second-order valence-electron chi connectivity index (χ2n) is 8.32. The molecule has 0 amide bonds. The van der Waals surface area contributed by atoms with Crippen molar-refractivity contribution in [2.24, 2.45) is 16.2 Å². The van der Waals surface area contributed by atoms with E-state index in [0.29, 0.717) is 0 Å². The standard InChI is InChI=1S/C17H34O2/c1-10-11-13(2)19-14(18)17(9,16(6,7)8)12-15(3,4)5/h13H,10-12H2,1-9H3. The van der Waals surface area contributed by atoms with Crippen molar-refractivity contribution in [2.75, 3.05) is 0 Å². The van der Waals surface area contributed by atoms with Gasteiger partial charge in [-0.15, -0.1) is 0 Å². The van der Waals surface area contributed by atoms with Crippen LogP contribution in [0.2, 0.25) is 0 Å². The van der Waals surface area contributed by atoms with E-state index in [2.05, 4.69) is 55.4 Å². The van der Waals surface area contributed by atoms with Crippen molar-refractivity contribution in [1.82, 2.24) is 0 Å². The van der Waals surface area contributed by atoms with Crippen molar-refractivity contribution in [2.45, 2.75) is 87.7 Å². The summed E-state index contributed by atoms with van der Waals surface area (Å²) < 4.78 is 5.69. The zero-order chi connectivity index (χ0) is 15.5. The molecule has 0 aromatic rings. The summed E-state index contributed by atoms with van der Waals surface area (Å²) in [5.41, 5.74) is -0.453. The summed E-state index contributed by atoms with van der Waals surface area (Å²) in [5, 5.41) is 0. The van der Waals surface area contributed by atoms with Gasteiger partial charge in [0, 0.05) is 0 Å². The fourth-order valence-electron chi connectivity index (χ4n) is 2.48. The summed E-state index contributed by atoms with van der Waals surface area (Å²) in [6, 6.07) is 0. The molecule has 0 aliphatic carbocycles. The van der Waals surface area contributed by atoms with Gasteiger partial charge in [-0.25, -0.2) is 0 Å². The van der Waals surface area contributed by atoms with Crippen LogP contribution in [0.15, 0.2) is 0 Å². The molecule has 2 nitrogen and oxygen atoms in total. The minimum atomic E-state index is -0.451. The Hall–Kier alpha value is -0.530. The van der Waals surface area contributed by atoms with Gasteiger partial charge in [0.1, 0.15) is 0 Å². The predicted molar refractivity (Wildman–Crippen MR) is 82.1 cm³/mol. The number of rotatable bonds is 5. The monoisotopic (exact) mass is 270 g/mol. The van der Waals surface area contributed by atoms with E-state index in [1.54, 1.807) is 0 Å². The van der Waals surface area contributed by atoms with E-state index in [0.717, 1.165) is 19.3 Å². The molecule has 0 bridgehead atoms. The Balaban J connectivity index is 5.11. The molecule has 0 spiro atoms. The molecule has 0 aromatic heterocycles. The highest BCUT2D eigenvalue weighted by molar-refractivity contribution is 5.77. The molecule has 0 N–H and O–H groups in total. The summed E-state index contributed by atoms with van der Waals surface area (Å²) in [5.74, 6) is -0.0455. The molecular weight excluding hydrogens is 236 g/mol. The Morgan fingerprint density at radius 3 is 1.84 bits per heavy atom. The van der Waals surface area contributed by atoms with Gasteiger partial charge in [0.25, 0.3) is 0 Å². The zero-order valence-electron chi connectivity index (χ0n) is 14.5. The molecule has 114 valence electrons. The summed E-state index contributed by atoms with van der Waals surface area (Å²) in [7, 11) is 0. The van der Waals surface area contributed by atoms with Crippen molar-refractivity contribution in [1.29, 1.82) is 0 Å². The largest absolute Gasteiger partial charge is 0.462 e. The summed E-state index contributed by atoms with van der Waals surface area (Å²) in [4.78, 5) is 12.7. The molecule has 0 fully saturated rings. The molecule has 0 heterocycles. The molecule has 0 saturated heterocycles. The Labute approximate surface area is 120 Å². The van der Waals surface area contributed by atoms with Crippen LogP contribution in [0, 0.1) is 16.2 Å². The van der Waals surface area contributed by atoms with E-state index < -0.39 is 5.41 Å². The van der Waals surface area contributed by atoms with Crippen molar-refractivity contribution in [3.05, 3.63) is 0 Å². The SMILES string of the molecule is CCCC(C)OC(=O)C(C)(CC(C)(C)C)C(C)(C)C. The lowest BCUT2D eigenvalue weighted by Crippen LogP contribution is -2.45. The lowest BCUT2D eigenvalue weighted by molar-refractivity contribution is -0.170. The second-order valence-corrected chi connectivity index (χ2v) is 8.32. The fourth-order valence-corrected chi connectivity index (χ4v) is 2.48. The van der Waals surface area contributed by atoms with Crippen molar-refractivity contribution in [3.63, 3.8) is 0 Å². The van der Waals surface area contributed by atoms with Gasteiger partial charge in [-0.1, -0.05) is 54.9 Å². The van der Waals surface area contributed by atoms with Crippen LogP contribution in [0.5, 0.6) is 0 Å². The highest BCUT2D eigenvalue weighted by Crippen LogP contribution is 2.47. The van der Waals surface area contributed by atoms with Gasteiger partial charge in [0.2, 0.25) is 0 Å². The average molecular weight is 270 g/mol. The number of ether oxygens (including phenoxy) is 1. The van der Waals surface area contributed by atoms with Crippen molar-refractivity contribution >= 4 is 5.97 Å². The number of hydrogen-bond acceptors (Lipinski definition) is 2. The van der Waals surface area contributed by atoms with Crippen LogP contribution < -0.4 is 0 Å². The van der Waals surface area contributed by atoms with Gasteiger partial charge >= 0.3 is 5.97 Å². The third-order valence-electron chi connectivity index (χ3n) is 3.99. The molecule has 0 aromatic carbocycles. The van der Waals surface area contributed by atoms with E-state index in [9.17, 15) is 4.79 Å². The first-order valence-corrected chi connectivity index (χ1v) is 7.54. The van der Waals surface area contributed by atoms with Gasteiger partial charge in [0.15, 0.2) is 0 Å². The fraction of sp³-hybridized carbons (Fsp3) is 0.941. The molecular formula is C17H34O2. The maximum absolute atomic E-state index is 12.7. The molecule has 2 heteroatoms. The summed E-state index contributed by atoms with van der Waals surface area (Å²) in [6.45, 7) is 19.1. The average Bonchev–Trinajstić information content (AvgIpc) is 2.12. The summed E-state index contributed by atoms with van der Waals surface area (Å²) in [6.07, 6.45) is 2.82. The maximum atomic E-state index is 12.7. The van der Waals surface area contributed by atoms with Gasteiger partial charge in [-0.3, -0.25) is 4.79 Å². The molecule has 2 atom stereocenters. The van der Waals surface area contributed by atoms with E-state index in [1.807, 2.05) is 6.92 Å². The van der Waals surface area contributed by atoms with Crippen LogP contribution >= 0.6 is 0 Å². The first-order chi connectivity index (χ1) is 8.33. The van der Waals surface area contributed by atoms with E-state index in [1.165, 1.54) is 0 Å². The third kappa shape index (κ3) is 5.54. The molecule has 0 aliphatic rings. The normalized spacial score (nSPS) is 17.7. The van der Waals surface area contributed by atoms with E-state index in [-0.39, 0.29) is 22.9 Å². The van der Waals surface area contributed by atoms with Gasteiger partial charge < -0.3 is 4.74 Å². The Morgan fingerprint density at radius 1 is 1.05 bits per heavy atom. The van der Waals surface area contributed by atoms with Crippen LogP contribution in [-0.2, 0) is 9.53 Å². The van der Waals surface area contributed by atoms with Crippen LogP contribution in [0.4, 0.5) is 0 Å². The minimum Gasteiger partial charge on any atom is -0.462 e. The number of esters is 1. The van der Waals surface area contributed by atoms with Gasteiger partial charge in [0.05, 0.1) is 11.5 Å². The minimum absolute atomic E-state index is 0.0131. The van der Waals surface area contributed by atoms with Crippen LogP contribution in [0.1, 0.15) is 81.6 Å². The maximum Gasteiger partial charge on any atom is 0.312 e. The topological polar surface area (TPSA) is 26.3 Å². The van der Waals surface area contributed by atoms with Gasteiger partial charge in [-0.2, -0.15) is 0 Å². The lowest BCUT2D eigenvalue weighted by atomic mass is 9.61. The Bertz CT molecular complexity index is 293. The second kappa shape index (κ2) is 6.28.